The molecule has 1 fully saturated rings. The van der Waals surface area contributed by atoms with E-state index in [0.29, 0.717) is 26.2 Å². The third kappa shape index (κ3) is 6.66. The lowest BCUT2D eigenvalue weighted by Gasteiger charge is -2.36. The van der Waals surface area contributed by atoms with Crippen LogP contribution in [0, 0.1) is 5.92 Å². The van der Waals surface area contributed by atoms with Crippen molar-refractivity contribution in [1.82, 2.24) is 9.21 Å². The van der Waals surface area contributed by atoms with Crippen LogP contribution in [0.3, 0.4) is 0 Å². The van der Waals surface area contributed by atoms with Gasteiger partial charge in [0.05, 0.1) is 5.75 Å². The first-order chi connectivity index (χ1) is 8.77. The van der Waals surface area contributed by atoms with E-state index in [2.05, 4.69) is 0 Å². The second-order valence-electron chi connectivity index (χ2n) is 5.20. The second-order valence-corrected chi connectivity index (χ2v) is 7.21. The van der Waals surface area contributed by atoms with Crippen LogP contribution < -0.4 is 5.73 Å². The van der Waals surface area contributed by atoms with Gasteiger partial charge >= 0.3 is 5.97 Å². The molecule has 128 valence electrons. The van der Waals surface area contributed by atoms with Gasteiger partial charge < -0.3 is 10.8 Å². The van der Waals surface area contributed by atoms with Gasteiger partial charge in [-0.25, -0.2) is 8.42 Å². The SMILES string of the molecule is CC(C)CS(=O)(=O)N1CCN([C@@H](CN)C(=O)O)CC1.Cl.Cl. The van der Waals surface area contributed by atoms with E-state index in [-0.39, 0.29) is 43.0 Å². The van der Waals surface area contributed by atoms with E-state index in [4.69, 9.17) is 10.8 Å². The molecule has 10 heteroatoms. The molecule has 0 spiro atoms. The maximum absolute atomic E-state index is 12.0. The molecular weight excluding hydrogens is 341 g/mol. The van der Waals surface area contributed by atoms with E-state index >= 15 is 0 Å². The summed E-state index contributed by atoms with van der Waals surface area (Å²) in [5, 5.41) is 9.02. The lowest BCUT2D eigenvalue weighted by Crippen LogP contribution is -2.56. The van der Waals surface area contributed by atoms with Gasteiger partial charge in [0, 0.05) is 32.7 Å². The molecule has 0 bridgehead atoms. The molecule has 0 aromatic heterocycles. The van der Waals surface area contributed by atoms with Crippen LogP contribution in [0.4, 0.5) is 0 Å². The lowest BCUT2D eigenvalue weighted by molar-refractivity contribution is -0.143. The number of sulfonamides is 1. The molecule has 7 nitrogen and oxygen atoms in total. The molecule has 0 amide bonds. The maximum Gasteiger partial charge on any atom is 0.322 e. The monoisotopic (exact) mass is 365 g/mol. The molecule has 1 aliphatic heterocycles. The summed E-state index contributed by atoms with van der Waals surface area (Å²) in [4.78, 5) is 12.7. The molecule has 1 saturated heterocycles. The zero-order chi connectivity index (χ0) is 14.6. The molecule has 0 aromatic carbocycles. The standard InChI is InChI=1S/C11H23N3O4S.2ClH/c1-9(2)8-19(17,18)14-5-3-13(4-6-14)10(7-12)11(15)16;;/h9-10H,3-8,12H2,1-2H3,(H,15,16);2*1H/t10-;;/m0../s1. The Morgan fingerprint density at radius 2 is 1.67 bits per heavy atom. The molecule has 0 radical (unpaired) electrons. The summed E-state index contributed by atoms with van der Waals surface area (Å²) < 4.78 is 25.5. The number of nitrogens with zero attached hydrogens (tertiary/aromatic N) is 2. The van der Waals surface area contributed by atoms with Crippen molar-refractivity contribution >= 4 is 40.8 Å². The first-order valence-electron chi connectivity index (χ1n) is 6.42. The average molecular weight is 366 g/mol. The molecule has 0 saturated carbocycles. The van der Waals surface area contributed by atoms with Crippen molar-refractivity contribution < 1.29 is 18.3 Å². The predicted molar refractivity (Wildman–Crippen MR) is 86.7 cm³/mol. The molecule has 0 aromatic rings. The molecule has 1 rings (SSSR count). The van der Waals surface area contributed by atoms with Crippen LogP contribution in [0.1, 0.15) is 13.8 Å². The van der Waals surface area contributed by atoms with Crippen molar-refractivity contribution in [3.63, 3.8) is 0 Å². The molecule has 0 aliphatic carbocycles. The van der Waals surface area contributed by atoms with Gasteiger partial charge in [-0.15, -0.1) is 24.8 Å². The van der Waals surface area contributed by atoms with Gasteiger partial charge in [0.25, 0.3) is 0 Å². The number of halogens is 2. The van der Waals surface area contributed by atoms with E-state index < -0.39 is 22.0 Å². The number of hydrogen-bond donors (Lipinski definition) is 2. The molecule has 1 heterocycles. The summed E-state index contributed by atoms with van der Waals surface area (Å²) in [6.45, 7) is 5.24. The fourth-order valence-electron chi connectivity index (χ4n) is 2.23. The maximum atomic E-state index is 12.0. The minimum absolute atomic E-state index is 0. The van der Waals surface area contributed by atoms with Crippen LogP contribution in [0.2, 0.25) is 0 Å². The van der Waals surface area contributed by atoms with E-state index in [1.165, 1.54) is 4.31 Å². The van der Waals surface area contributed by atoms with E-state index in [9.17, 15) is 13.2 Å². The largest absolute Gasteiger partial charge is 0.480 e. The van der Waals surface area contributed by atoms with Crippen LogP contribution in [-0.2, 0) is 14.8 Å². The summed E-state index contributed by atoms with van der Waals surface area (Å²) in [7, 11) is -3.23. The fraction of sp³-hybridized carbons (Fsp3) is 0.909. The summed E-state index contributed by atoms with van der Waals surface area (Å²) in [6.07, 6.45) is 0. The number of rotatable bonds is 6. The van der Waals surface area contributed by atoms with Crippen LogP contribution in [0.15, 0.2) is 0 Å². The quantitative estimate of drug-likeness (QED) is 0.677. The van der Waals surface area contributed by atoms with Crippen molar-refractivity contribution in [2.75, 3.05) is 38.5 Å². The Bertz CT molecular complexity index is 412. The van der Waals surface area contributed by atoms with Crippen LogP contribution in [-0.4, -0.2) is 73.2 Å². The zero-order valence-corrected chi connectivity index (χ0v) is 14.7. The highest BCUT2D eigenvalue weighted by Crippen LogP contribution is 2.13. The average Bonchev–Trinajstić information content (AvgIpc) is 2.28. The molecule has 1 atom stereocenters. The van der Waals surface area contributed by atoms with Crippen LogP contribution >= 0.6 is 24.8 Å². The third-order valence-electron chi connectivity index (χ3n) is 3.16. The van der Waals surface area contributed by atoms with Gasteiger partial charge in [0.15, 0.2) is 0 Å². The van der Waals surface area contributed by atoms with E-state index in [1.54, 1.807) is 4.90 Å². The predicted octanol–water partition coefficient (Wildman–Crippen LogP) is -0.155. The number of carboxylic acid groups (broad SMARTS) is 1. The topological polar surface area (TPSA) is 104 Å². The zero-order valence-electron chi connectivity index (χ0n) is 12.3. The third-order valence-corrected chi connectivity index (χ3v) is 5.40. The van der Waals surface area contributed by atoms with Crippen molar-refractivity contribution in [2.45, 2.75) is 19.9 Å². The Morgan fingerprint density at radius 3 is 2.00 bits per heavy atom. The Balaban J connectivity index is 0. The normalized spacial score (nSPS) is 18.7. The van der Waals surface area contributed by atoms with Gasteiger partial charge in [-0.3, -0.25) is 9.69 Å². The fourth-order valence-corrected chi connectivity index (χ4v) is 4.00. The Hall–Kier alpha value is -0.120. The Morgan fingerprint density at radius 1 is 1.19 bits per heavy atom. The minimum Gasteiger partial charge on any atom is -0.480 e. The number of aliphatic carboxylic acids is 1. The van der Waals surface area contributed by atoms with E-state index in [1.807, 2.05) is 13.8 Å². The van der Waals surface area contributed by atoms with Crippen molar-refractivity contribution in [2.24, 2.45) is 11.7 Å². The lowest BCUT2D eigenvalue weighted by atomic mass is 10.2. The Labute approximate surface area is 138 Å². The first kappa shape index (κ1) is 23.2. The summed E-state index contributed by atoms with van der Waals surface area (Å²) in [5.74, 6) is -0.744. The highest BCUT2D eigenvalue weighted by atomic mass is 35.5. The smallest absolute Gasteiger partial charge is 0.322 e. The van der Waals surface area contributed by atoms with Crippen molar-refractivity contribution in [1.29, 1.82) is 0 Å². The molecule has 3 N–H and O–H groups in total. The highest BCUT2D eigenvalue weighted by Gasteiger charge is 2.32. The molecule has 21 heavy (non-hydrogen) atoms. The second kappa shape index (κ2) is 9.81. The van der Waals surface area contributed by atoms with Gasteiger partial charge in [0.1, 0.15) is 6.04 Å². The van der Waals surface area contributed by atoms with Crippen LogP contribution in [0.25, 0.3) is 0 Å². The van der Waals surface area contributed by atoms with Crippen LogP contribution in [0.5, 0.6) is 0 Å². The summed E-state index contributed by atoms with van der Waals surface area (Å²) in [6, 6.07) is -0.727. The highest BCUT2D eigenvalue weighted by molar-refractivity contribution is 7.89. The van der Waals surface area contributed by atoms with Crippen molar-refractivity contribution in [3.8, 4) is 0 Å². The number of nitrogens with two attached hydrogens (primary N) is 1. The summed E-state index contributed by atoms with van der Waals surface area (Å²) in [5.41, 5.74) is 5.44. The van der Waals surface area contributed by atoms with Gasteiger partial charge in [-0.05, 0) is 5.92 Å². The van der Waals surface area contributed by atoms with Gasteiger partial charge in [-0.1, -0.05) is 13.8 Å². The first-order valence-corrected chi connectivity index (χ1v) is 8.03. The molecule has 0 unspecified atom stereocenters. The van der Waals surface area contributed by atoms with Gasteiger partial charge in [0.2, 0.25) is 10.0 Å². The molecule has 1 aliphatic rings. The minimum atomic E-state index is -3.23. The summed E-state index contributed by atoms with van der Waals surface area (Å²) >= 11 is 0. The Kier molecular flexibility index (Phi) is 10.8. The number of carboxylic acids is 1. The van der Waals surface area contributed by atoms with E-state index in [0.717, 1.165) is 0 Å². The van der Waals surface area contributed by atoms with Crippen molar-refractivity contribution in [3.05, 3.63) is 0 Å². The number of hydrogen-bond acceptors (Lipinski definition) is 5. The molecular formula is C11H25Cl2N3O4S. The number of piperazine rings is 1. The number of carbonyl (C=O) groups is 1. The van der Waals surface area contributed by atoms with Gasteiger partial charge in [-0.2, -0.15) is 4.31 Å².